The van der Waals surface area contributed by atoms with Gasteiger partial charge in [0.05, 0.1) is 18.5 Å². The Morgan fingerprint density at radius 3 is 2.58 bits per heavy atom. The van der Waals surface area contributed by atoms with E-state index < -0.39 is 0 Å². The Hall–Kier alpha value is -2.11. The van der Waals surface area contributed by atoms with E-state index in [-0.39, 0.29) is 5.95 Å². The van der Waals surface area contributed by atoms with Crippen molar-refractivity contribution in [2.24, 2.45) is 7.05 Å². The second-order valence-corrected chi connectivity index (χ2v) is 4.25. The van der Waals surface area contributed by atoms with Gasteiger partial charge in [-0.05, 0) is 12.8 Å². The summed E-state index contributed by atoms with van der Waals surface area (Å²) in [4.78, 5) is 8.33. The maximum Gasteiger partial charge on any atom is 0.223 e. The van der Waals surface area contributed by atoms with E-state index in [0.29, 0.717) is 5.88 Å². The first kappa shape index (κ1) is 13.3. The maximum atomic E-state index is 5.73. The molecule has 0 spiro atoms. The highest BCUT2D eigenvalue weighted by Crippen LogP contribution is 2.29. The van der Waals surface area contributed by atoms with Crippen molar-refractivity contribution in [1.29, 1.82) is 0 Å². The third kappa shape index (κ3) is 2.38. The van der Waals surface area contributed by atoms with E-state index >= 15 is 0 Å². The Bertz CT molecular complexity index is 591. The van der Waals surface area contributed by atoms with Crippen molar-refractivity contribution in [3.05, 3.63) is 17.5 Å². The van der Waals surface area contributed by atoms with Gasteiger partial charge in [0, 0.05) is 24.4 Å². The second kappa shape index (κ2) is 5.26. The summed E-state index contributed by atoms with van der Waals surface area (Å²) in [6.45, 7) is 4.18. The van der Waals surface area contributed by atoms with Crippen molar-refractivity contribution < 1.29 is 4.74 Å². The molecule has 2 aromatic heterocycles. The van der Waals surface area contributed by atoms with Gasteiger partial charge in [0.25, 0.3) is 0 Å². The lowest BCUT2D eigenvalue weighted by molar-refractivity contribution is 0.398. The highest BCUT2D eigenvalue weighted by Gasteiger charge is 2.18. The van der Waals surface area contributed by atoms with Crippen molar-refractivity contribution in [2.45, 2.75) is 26.7 Å². The fraction of sp³-hybridized carbons (Fsp3) is 0.462. The minimum absolute atomic E-state index is 0.210. The Morgan fingerprint density at radius 1 is 1.26 bits per heavy atom. The van der Waals surface area contributed by atoms with E-state index in [9.17, 15) is 0 Å². The zero-order valence-corrected chi connectivity index (χ0v) is 11.8. The highest BCUT2D eigenvalue weighted by atomic mass is 16.5. The van der Waals surface area contributed by atoms with Gasteiger partial charge in [0.2, 0.25) is 11.8 Å². The fourth-order valence-corrected chi connectivity index (χ4v) is 2.24. The first-order valence-electron chi connectivity index (χ1n) is 6.34. The summed E-state index contributed by atoms with van der Waals surface area (Å²) < 4.78 is 7.05. The smallest absolute Gasteiger partial charge is 0.223 e. The molecule has 19 heavy (non-hydrogen) atoms. The number of ether oxygens (including phenoxy) is 1. The number of methoxy groups -OCH3 is 1. The van der Waals surface area contributed by atoms with Gasteiger partial charge in [-0.15, -0.1) is 0 Å². The van der Waals surface area contributed by atoms with Crippen LogP contribution < -0.4 is 10.5 Å². The largest absolute Gasteiger partial charge is 0.481 e. The molecule has 6 nitrogen and oxygen atoms in total. The number of nitrogens with zero attached hydrogens (tertiary/aromatic N) is 4. The fourth-order valence-electron chi connectivity index (χ4n) is 2.24. The topological polar surface area (TPSA) is 78.8 Å². The number of aromatic nitrogens is 4. The summed E-state index contributed by atoms with van der Waals surface area (Å²) in [7, 11) is 3.51. The molecule has 2 N–H and O–H groups in total. The van der Waals surface area contributed by atoms with Gasteiger partial charge >= 0.3 is 0 Å². The maximum absolute atomic E-state index is 5.73. The van der Waals surface area contributed by atoms with Crippen LogP contribution in [0.15, 0.2) is 6.07 Å². The molecule has 2 heterocycles. The Balaban J connectivity index is 2.66. The van der Waals surface area contributed by atoms with Gasteiger partial charge < -0.3 is 10.5 Å². The predicted molar refractivity (Wildman–Crippen MR) is 74.0 cm³/mol. The number of nitrogens with two attached hydrogens (primary N) is 1. The first-order chi connectivity index (χ1) is 9.10. The molecule has 0 amide bonds. The van der Waals surface area contributed by atoms with Crippen LogP contribution in [0.5, 0.6) is 5.88 Å². The van der Waals surface area contributed by atoms with E-state index in [4.69, 9.17) is 10.5 Å². The third-order valence-corrected chi connectivity index (χ3v) is 3.09. The van der Waals surface area contributed by atoms with Crippen LogP contribution >= 0.6 is 0 Å². The van der Waals surface area contributed by atoms with Crippen molar-refractivity contribution >= 4 is 5.95 Å². The molecule has 2 rings (SSSR count). The normalized spacial score (nSPS) is 10.7. The minimum Gasteiger partial charge on any atom is -0.481 e. The minimum atomic E-state index is 0.210. The van der Waals surface area contributed by atoms with Crippen LogP contribution in [0.4, 0.5) is 5.95 Å². The monoisotopic (exact) mass is 261 g/mol. The van der Waals surface area contributed by atoms with E-state index in [2.05, 4.69) is 28.9 Å². The van der Waals surface area contributed by atoms with Crippen molar-refractivity contribution in [3.8, 4) is 17.1 Å². The molecule has 0 aliphatic carbocycles. The van der Waals surface area contributed by atoms with E-state index in [1.807, 2.05) is 11.7 Å². The molecule has 0 saturated carbocycles. The molecule has 0 radical (unpaired) electrons. The van der Waals surface area contributed by atoms with E-state index in [0.717, 1.165) is 35.5 Å². The van der Waals surface area contributed by atoms with E-state index in [1.165, 1.54) is 0 Å². The molecular formula is C13H19N5O. The van der Waals surface area contributed by atoms with Crippen LogP contribution in [-0.4, -0.2) is 26.9 Å². The van der Waals surface area contributed by atoms with Crippen LogP contribution in [0, 0.1) is 0 Å². The number of hydrogen-bond acceptors (Lipinski definition) is 5. The van der Waals surface area contributed by atoms with Gasteiger partial charge in [-0.2, -0.15) is 10.1 Å². The molecule has 0 aliphatic rings. The van der Waals surface area contributed by atoms with Crippen LogP contribution in [0.2, 0.25) is 0 Å². The van der Waals surface area contributed by atoms with Crippen molar-refractivity contribution in [3.63, 3.8) is 0 Å². The number of nitrogen functional groups attached to an aromatic ring is 1. The van der Waals surface area contributed by atoms with E-state index in [1.54, 1.807) is 13.2 Å². The molecule has 0 aromatic carbocycles. The standard InChI is InChI=1S/C13H19N5O/c1-5-8-12(10(6-2)18(3)17-8)9-7-11(19-4)16-13(14)15-9/h7H,5-6H2,1-4H3,(H2,14,15,16). The van der Waals surface area contributed by atoms with Crippen LogP contribution in [0.3, 0.4) is 0 Å². The SMILES string of the molecule is CCc1nn(C)c(CC)c1-c1cc(OC)nc(N)n1. The number of rotatable bonds is 4. The predicted octanol–water partition coefficient (Wildman–Crippen LogP) is 1.59. The van der Waals surface area contributed by atoms with Crippen LogP contribution in [0.25, 0.3) is 11.3 Å². The van der Waals surface area contributed by atoms with Gasteiger partial charge in [-0.3, -0.25) is 4.68 Å². The van der Waals surface area contributed by atoms with Gasteiger partial charge in [-0.1, -0.05) is 13.8 Å². The molecule has 0 saturated heterocycles. The van der Waals surface area contributed by atoms with Gasteiger partial charge in [-0.25, -0.2) is 4.98 Å². The van der Waals surface area contributed by atoms with Crippen molar-refractivity contribution in [1.82, 2.24) is 19.7 Å². The highest BCUT2D eigenvalue weighted by molar-refractivity contribution is 5.67. The summed E-state index contributed by atoms with van der Waals surface area (Å²) in [5.74, 6) is 0.678. The van der Waals surface area contributed by atoms with Gasteiger partial charge in [0.15, 0.2) is 0 Å². The number of hydrogen-bond donors (Lipinski definition) is 1. The zero-order chi connectivity index (χ0) is 14.0. The Morgan fingerprint density at radius 2 is 2.00 bits per heavy atom. The average molecular weight is 261 g/mol. The molecule has 0 fully saturated rings. The third-order valence-electron chi connectivity index (χ3n) is 3.09. The molecule has 0 atom stereocenters. The first-order valence-corrected chi connectivity index (χ1v) is 6.34. The molecule has 0 aliphatic heterocycles. The lowest BCUT2D eigenvalue weighted by Gasteiger charge is -2.07. The number of anilines is 1. The van der Waals surface area contributed by atoms with Gasteiger partial charge in [0.1, 0.15) is 0 Å². The van der Waals surface area contributed by atoms with Crippen LogP contribution in [-0.2, 0) is 19.9 Å². The van der Waals surface area contributed by atoms with Crippen molar-refractivity contribution in [2.75, 3.05) is 12.8 Å². The Labute approximate surface area is 112 Å². The molecule has 0 bridgehead atoms. The lowest BCUT2D eigenvalue weighted by atomic mass is 10.1. The lowest BCUT2D eigenvalue weighted by Crippen LogP contribution is -2.01. The summed E-state index contributed by atoms with van der Waals surface area (Å²) in [6.07, 6.45) is 1.72. The molecule has 0 unspecified atom stereocenters. The molecular weight excluding hydrogens is 242 g/mol. The Kier molecular flexibility index (Phi) is 3.69. The second-order valence-electron chi connectivity index (χ2n) is 4.25. The summed E-state index contributed by atoms with van der Waals surface area (Å²) in [5.41, 5.74) is 9.69. The molecule has 6 heteroatoms. The molecule has 102 valence electrons. The average Bonchev–Trinajstić information content (AvgIpc) is 2.73. The molecule has 2 aromatic rings. The number of aryl methyl sites for hydroxylation is 2. The quantitative estimate of drug-likeness (QED) is 0.904. The summed E-state index contributed by atoms with van der Waals surface area (Å²) in [6, 6.07) is 1.80. The summed E-state index contributed by atoms with van der Waals surface area (Å²) in [5, 5.41) is 4.54. The summed E-state index contributed by atoms with van der Waals surface area (Å²) >= 11 is 0. The van der Waals surface area contributed by atoms with Crippen LogP contribution in [0.1, 0.15) is 25.2 Å². The zero-order valence-electron chi connectivity index (χ0n) is 11.8.